The van der Waals surface area contributed by atoms with Gasteiger partial charge in [0.2, 0.25) is 0 Å². The van der Waals surface area contributed by atoms with Crippen molar-refractivity contribution in [3.05, 3.63) is 97.1 Å². The van der Waals surface area contributed by atoms with Gasteiger partial charge in [0.05, 0.1) is 18.3 Å². The lowest BCUT2D eigenvalue weighted by atomic mass is 9.90. The fraction of sp³-hybridized carbons (Fsp3) is 0.286. The molecule has 180 valence electrons. The smallest absolute Gasteiger partial charge is 0.346 e. The minimum Gasteiger partial charge on any atom is -0.462 e. The molecule has 3 aliphatic rings. The van der Waals surface area contributed by atoms with E-state index >= 15 is 0 Å². The van der Waals surface area contributed by atoms with E-state index in [0.717, 1.165) is 58.4 Å². The Labute approximate surface area is 220 Å². The molecule has 0 saturated heterocycles. The summed E-state index contributed by atoms with van der Waals surface area (Å²) in [4.78, 5) is 20.7. The molecule has 4 nitrogen and oxygen atoms in total. The Morgan fingerprint density at radius 3 is 2.43 bits per heavy atom. The first-order chi connectivity index (χ1) is 17.0. The average Bonchev–Trinajstić information content (AvgIpc) is 3.05. The van der Waals surface area contributed by atoms with Crippen LogP contribution in [0.4, 0.5) is 0 Å². The number of hydrogen-bond donors (Lipinski definition) is 0. The van der Waals surface area contributed by atoms with Crippen molar-refractivity contribution in [2.45, 2.75) is 45.6 Å². The van der Waals surface area contributed by atoms with Gasteiger partial charge in [-0.3, -0.25) is 0 Å². The van der Waals surface area contributed by atoms with Crippen molar-refractivity contribution in [2.75, 3.05) is 6.61 Å². The maximum atomic E-state index is 12.8. The number of nitrogens with zero attached hydrogens (tertiary/aromatic N) is 2. The Balaban J connectivity index is 1.66. The zero-order valence-corrected chi connectivity index (χ0v) is 22.0. The first kappa shape index (κ1) is 24.2. The third-order valence-electron chi connectivity index (χ3n) is 6.49. The number of aliphatic imine (C=N–C) groups is 1. The number of thioether (sulfide) groups is 1. The number of rotatable bonds is 4. The molecule has 0 N–H and O–H groups in total. The predicted octanol–water partition coefficient (Wildman–Crippen LogP) is 8.16. The highest BCUT2D eigenvalue weighted by molar-refractivity contribution is 8.18. The Morgan fingerprint density at radius 2 is 1.74 bits per heavy atom. The van der Waals surface area contributed by atoms with Gasteiger partial charge in [0.15, 0.2) is 5.17 Å². The zero-order valence-electron chi connectivity index (χ0n) is 19.7. The monoisotopic (exact) mass is 524 g/mol. The molecule has 0 fully saturated rings. The summed E-state index contributed by atoms with van der Waals surface area (Å²) in [7, 11) is 0. The number of carbonyl (C=O) groups excluding carboxylic acids is 1. The lowest BCUT2D eigenvalue weighted by molar-refractivity contribution is -0.137. The highest BCUT2D eigenvalue weighted by atomic mass is 35.5. The molecular weight excluding hydrogens is 499 g/mol. The number of carbonyl (C=O) groups is 1. The van der Waals surface area contributed by atoms with Gasteiger partial charge in [-0.15, -0.1) is 0 Å². The molecule has 1 unspecified atom stereocenters. The molecule has 0 bridgehead atoms. The Bertz CT molecular complexity index is 1280. The quantitative estimate of drug-likeness (QED) is 0.378. The van der Waals surface area contributed by atoms with Gasteiger partial charge in [0.1, 0.15) is 4.91 Å². The first-order valence-corrected chi connectivity index (χ1v) is 13.4. The van der Waals surface area contributed by atoms with E-state index in [1.54, 1.807) is 0 Å². The van der Waals surface area contributed by atoms with Crippen LogP contribution in [0.25, 0.3) is 6.08 Å². The molecule has 0 radical (unpaired) electrons. The molecule has 0 saturated carbocycles. The molecule has 2 aliphatic heterocycles. The molecule has 2 heterocycles. The number of halogens is 2. The van der Waals surface area contributed by atoms with Gasteiger partial charge < -0.3 is 9.64 Å². The summed E-state index contributed by atoms with van der Waals surface area (Å²) in [5.74, 6) is -0.297. The van der Waals surface area contributed by atoms with Crippen LogP contribution in [0.3, 0.4) is 0 Å². The largest absolute Gasteiger partial charge is 0.462 e. The van der Waals surface area contributed by atoms with Crippen LogP contribution in [0.2, 0.25) is 10.0 Å². The summed E-state index contributed by atoms with van der Waals surface area (Å²) in [6.07, 6.45) is 6.30. The highest BCUT2D eigenvalue weighted by Crippen LogP contribution is 2.50. The van der Waals surface area contributed by atoms with Gasteiger partial charge in [0, 0.05) is 15.7 Å². The molecule has 2 aromatic rings. The van der Waals surface area contributed by atoms with Crippen LogP contribution in [0.15, 0.2) is 81.0 Å². The molecule has 5 rings (SSSR count). The second-order valence-electron chi connectivity index (χ2n) is 8.76. The van der Waals surface area contributed by atoms with Crippen LogP contribution in [0.1, 0.15) is 56.7 Å². The number of benzene rings is 2. The SMILES string of the molecule is CCOC(=O)C1=C(C)N2C(=NC3=C(CCCC/C3=C\c3ccc(Cl)cc3)C2c2ccc(Cl)cc2)S1. The van der Waals surface area contributed by atoms with Crippen LogP contribution >= 0.6 is 35.0 Å². The number of esters is 1. The average molecular weight is 526 g/mol. The number of fused-ring (bicyclic) bond motifs is 1. The maximum Gasteiger partial charge on any atom is 0.346 e. The molecule has 7 heteroatoms. The lowest BCUT2D eigenvalue weighted by Crippen LogP contribution is -2.33. The fourth-order valence-corrected chi connectivity index (χ4v) is 6.17. The predicted molar refractivity (Wildman–Crippen MR) is 145 cm³/mol. The topological polar surface area (TPSA) is 41.9 Å². The van der Waals surface area contributed by atoms with Gasteiger partial charge in [-0.05, 0) is 104 Å². The van der Waals surface area contributed by atoms with E-state index in [-0.39, 0.29) is 12.0 Å². The first-order valence-electron chi connectivity index (χ1n) is 11.8. The Hall–Kier alpha value is -2.47. The van der Waals surface area contributed by atoms with Crippen molar-refractivity contribution in [3.63, 3.8) is 0 Å². The molecule has 0 aromatic heterocycles. The van der Waals surface area contributed by atoms with Crippen molar-refractivity contribution >= 4 is 52.2 Å². The van der Waals surface area contributed by atoms with E-state index in [1.165, 1.54) is 22.9 Å². The second-order valence-corrected chi connectivity index (χ2v) is 10.6. The van der Waals surface area contributed by atoms with E-state index in [1.807, 2.05) is 50.2 Å². The minimum atomic E-state index is -0.297. The standard InChI is InChI=1S/C28H26Cl2N2O2S/c1-3-34-27(33)26-17(2)32-25(19-10-14-22(30)15-11-19)23-7-5-4-6-20(24(23)31-28(32)35-26)16-18-8-12-21(29)13-9-18/h8-16,25H,3-7H2,1-2H3/b20-16+. The normalized spacial score (nSPS) is 21.0. The van der Waals surface area contributed by atoms with Gasteiger partial charge in [0.25, 0.3) is 0 Å². The van der Waals surface area contributed by atoms with Gasteiger partial charge in [-0.2, -0.15) is 0 Å². The summed E-state index contributed by atoms with van der Waals surface area (Å²) in [6.45, 7) is 4.15. The maximum absolute atomic E-state index is 12.8. The van der Waals surface area contributed by atoms with Crippen LogP contribution in [0.5, 0.6) is 0 Å². The molecule has 1 aliphatic carbocycles. The van der Waals surface area contributed by atoms with Gasteiger partial charge in [-0.1, -0.05) is 47.5 Å². The van der Waals surface area contributed by atoms with E-state index in [0.29, 0.717) is 16.5 Å². The van der Waals surface area contributed by atoms with E-state index in [9.17, 15) is 4.79 Å². The highest BCUT2D eigenvalue weighted by Gasteiger charge is 2.42. The lowest BCUT2D eigenvalue weighted by Gasteiger charge is -2.37. The van der Waals surface area contributed by atoms with E-state index < -0.39 is 0 Å². The summed E-state index contributed by atoms with van der Waals surface area (Å²) in [5, 5.41) is 2.24. The molecule has 2 aromatic carbocycles. The summed E-state index contributed by atoms with van der Waals surface area (Å²) < 4.78 is 5.35. The van der Waals surface area contributed by atoms with Crippen molar-refractivity contribution in [1.29, 1.82) is 0 Å². The van der Waals surface area contributed by atoms with Crippen LogP contribution in [-0.4, -0.2) is 22.6 Å². The van der Waals surface area contributed by atoms with Gasteiger partial charge in [-0.25, -0.2) is 9.79 Å². The molecule has 1 atom stereocenters. The molecule has 35 heavy (non-hydrogen) atoms. The number of ether oxygens (including phenoxy) is 1. The fourth-order valence-electron chi connectivity index (χ4n) is 4.87. The number of allylic oxidation sites excluding steroid dienone is 2. The van der Waals surface area contributed by atoms with Crippen LogP contribution in [-0.2, 0) is 9.53 Å². The Kier molecular flexibility index (Phi) is 7.10. The zero-order chi connectivity index (χ0) is 24.5. The summed E-state index contributed by atoms with van der Waals surface area (Å²) >= 11 is 13.8. The van der Waals surface area contributed by atoms with Gasteiger partial charge >= 0.3 is 5.97 Å². The summed E-state index contributed by atoms with van der Waals surface area (Å²) in [6, 6.07) is 15.9. The second kappa shape index (κ2) is 10.3. The number of amidine groups is 1. The summed E-state index contributed by atoms with van der Waals surface area (Å²) in [5.41, 5.74) is 6.64. The Morgan fingerprint density at radius 1 is 1.09 bits per heavy atom. The minimum absolute atomic E-state index is 0.0547. The third kappa shape index (κ3) is 4.82. The van der Waals surface area contributed by atoms with Crippen molar-refractivity contribution in [1.82, 2.24) is 4.90 Å². The van der Waals surface area contributed by atoms with Crippen molar-refractivity contribution in [2.24, 2.45) is 4.99 Å². The molecule has 0 amide bonds. The molecule has 0 spiro atoms. The van der Waals surface area contributed by atoms with Crippen molar-refractivity contribution in [3.8, 4) is 0 Å². The van der Waals surface area contributed by atoms with Crippen molar-refractivity contribution < 1.29 is 9.53 Å². The number of hydrogen-bond acceptors (Lipinski definition) is 5. The third-order valence-corrected chi connectivity index (χ3v) is 8.13. The van der Waals surface area contributed by atoms with E-state index in [2.05, 4.69) is 23.1 Å². The van der Waals surface area contributed by atoms with Crippen LogP contribution in [0, 0.1) is 0 Å². The molecular formula is C28H26Cl2N2O2S. The van der Waals surface area contributed by atoms with E-state index in [4.69, 9.17) is 32.9 Å². The van der Waals surface area contributed by atoms with Crippen LogP contribution < -0.4 is 0 Å².